The lowest BCUT2D eigenvalue weighted by Crippen LogP contribution is -2.49. The fraction of sp³-hybridized carbons (Fsp3) is 0.250. The summed E-state index contributed by atoms with van der Waals surface area (Å²) in [7, 11) is 1.25. The van der Waals surface area contributed by atoms with Crippen LogP contribution in [0.2, 0.25) is 0 Å². The van der Waals surface area contributed by atoms with Gasteiger partial charge in [0.25, 0.3) is 0 Å². The van der Waals surface area contributed by atoms with Crippen LogP contribution >= 0.6 is 0 Å². The van der Waals surface area contributed by atoms with Crippen molar-refractivity contribution in [2.75, 3.05) is 13.7 Å². The number of benzene rings is 1. The predicted molar refractivity (Wildman–Crippen MR) is 100 cm³/mol. The van der Waals surface area contributed by atoms with E-state index in [1.165, 1.54) is 7.11 Å². The van der Waals surface area contributed by atoms with Gasteiger partial charge in [0.1, 0.15) is 12.6 Å². The maximum atomic E-state index is 12.6. The quantitative estimate of drug-likeness (QED) is 0.641. The molecule has 0 fully saturated rings. The summed E-state index contributed by atoms with van der Waals surface area (Å²) in [5.41, 5.74) is 2.46. The van der Waals surface area contributed by atoms with Crippen LogP contribution in [-0.2, 0) is 25.5 Å². The first-order valence-electron chi connectivity index (χ1n) is 8.64. The molecule has 0 spiro atoms. The molecular formula is C20H21N3O4. The van der Waals surface area contributed by atoms with Gasteiger partial charge < -0.3 is 20.4 Å². The van der Waals surface area contributed by atoms with E-state index in [1.807, 2.05) is 36.9 Å². The Morgan fingerprint density at radius 1 is 1.26 bits per heavy atom. The summed E-state index contributed by atoms with van der Waals surface area (Å²) in [4.78, 5) is 39.5. The lowest BCUT2D eigenvalue weighted by molar-refractivity contribution is -0.141. The zero-order valence-corrected chi connectivity index (χ0v) is 15.0. The van der Waals surface area contributed by atoms with E-state index >= 15 is 0 Å². The van der Waals surface area contributed by atoms with Crippen LogP contribution < -0.4 is 10.6 Å². The Bertz CT molecular complexity index is 884. The molecule has 2 radical (unpaired) electrons. The molecule has 140 valence electrons. The van der Waals surface area contributed by atoms with Crippen LogP contribution in [0.3, 0.4) is 0 Å². The van der Waals surface area contributed by atoms with Crippen LogP contribution in [-0.4, -0.2) is 42.5 Å². The minimum Gasteiger partial charge on any atom is -0.468 e. The van der Waals surface area contributed by atoms with E-state index in [-0.39, 0.29) is 12.5 Å². The fourth-order valence-corrected chi connectivity index (χ4v) is 2.95. The van der Waals surface area contributed by atoms with Crippen LogP contribution in [0.15, 0.2) is 42.1 Å². The summed E-state index contributed by atoms with van der Waals surface area (Å²) < 4.78 is 4.54. The highest BCUT2D eigenvalue weighted by molar-refractivity contribution is 5.98. The molecule has 0 saturated heterocycles. The van der Waals surface area contributed by atoms with E-state index in [2.05, 4.69) is 20.4 Å². The number of aromatic nitrogens is 1. The van der Waals surface area contributed by atoms with Gasteiger partial charge in [0, 0.05) is 29.1 Å². The monoisotopic (exact) mass is 367 g/mol. The Morgan fingerprint density at radius 2 is 2.07 bits per heavy atom. The third kappa shape index (κ3) is 4.55. The fourth-order valence-electron chi connectivity index (χ4n) is 2.95. The van der Waals surface area contributed by atoms with Crippen LogP contribution in [0.5, 0.6) is 0 Å². The Morgan fingerprint density at radius 3 is 2.81 bits per heavy atom. The summed E-state index contributed by atoms with van der Waals surface area (Å²) >= 11 is 0. The van der Waals surface area contributed by atoms with Gasteiger partial charge in [-0.3, -0.25) is 14.4 Å². The van der Waals surface area contributed by atoms with Crippen LogP contribution in [0.1, 0.15) is 12.0 Å². The number of aromatic amines is 1. The number of allylic oxidation sites excluding steroid dienone is 1. The molecule has 7 nitrogen and oxygen atoms in total. The summed E-state index contributed by atoms with van der Waals surface area (Å²) in [6.45, 7) is -0.250. The average Bonchev–Trinajstić information content (AvgIpc) is 3.35. The predicted octanol–water partition coefficient (Wildman–Crippen LogP) is 1.22. The smallest absolute Gasteiger partial charge is 0.325 e. The number of nitrogens with one attached hydrogen (secondary N) is 3. The number of esters is 1. The van der Waals surface area contributed by atoms with Gasteiger partial charge in [0.15, 0.2) is 0 Å². The maximum absolute atomic E-state index is 12.6. The number of fused-ring (bicyclic) bond motifs is 1. The topological polar surface area (TPSA) is 100 Å². The number of para-hydroxylation sites is 1. The molecule has 0 saturated carbocycles. The van der Waals surface area contributed by atoms with Crippen LogP contribution in [0.25, 0.3) is 10.9 Å². The molecule has 0 unspecified atom stereocenters. The standard InChI is InChI=1S/C20H21N3O4/c1-27-18(24)12-22-20(26)17(23-19(25)13-6-2-3-7-13)10-14-11-21-16-9-5-4-8-15(14)16/h2-6,8-9,11,17,21H,7,10,12H2,1H3,(H,22,26)(H,23,25)/t17-/m0/s1. The molecule has 1 aliphatic rings. The van der Waals surface area contributed by atoms with Gasteiger partial charge in [-0.25, -0.2) is 0 Å². The first-order chi connectivity index (χ1) is 13.1. The second-order valence-corrected chi connectivity index (χ2v) is 6.21. The van der Waals surface area contributed by atoms with E-state index < -0.39 is 17.9 Å². The van der Waals surface area contributed by atoms with Gasteiger partial charge in [-0.2, -0.15) is 0 Å². The summed E-state index contributed by atoms with van der Waals surface area (Å²) in [6, 6.07) is 6.92. The van der Waals surface area contributed by atoms with E-state index in [1.54, 1.807) is 12.5 Å². The van der Waals surface area contributed by atoms with Gasteiger partial charge in [0.2, 0.25) is 11.8 Å². The van der Waals surface area contributed by atoms with Crippen LogP contribution in [0, 0.1) is 12.8 Å². The number of ether oxygens (including phenoxy) is 1. The first-order valence-corrected chi connectivity index (χ1v) is 8.64. The number of hydrogen-bond donors (Lipinski definition) is 3. The number of rotatable bonds is 7. The summed E-state index contributed by atoms with van der Waals surface area (Å²) in [6.07, 6.45) is 8.07. The zero-order chi connectivity index (χ0) is 19.2. The van der Waals surface area contributed by atoms with E-state index in [0.29, 0.717) is 18.4 Å². The number of carbonyl (C=O) groups excluding carboxylic acids is 3. The van der Waals surface area contributed by atoms with E-state index in [9.17, 15) is 14.4 Å². The number of H-pyrrole nitrogens is 1. The van der Waals surface area contributed by atoms with Gasteiger partial charge in [0.05, 0.1) is 7.11 Å². The van der Waals surface area contributed by atoms with Gasteiger partial charge in [-0.15, -0.1) is 0 Å². The number of hydrogen-bond acceptors (Lipinski definition) is 4. The molecule has 1 atom stereocenters. The van der Waals surface area contributed by atoms with Crippen molar-refractivity contribution >= 4 is 28.7 Å². The molecule has 1 aromatic heterocycles. The van der Waals surface area contributed by atoms with Crippen molar-refractivity contribution in [1.29, 1.82) is 0 Å². The Kier molecular flexibility index (Phi) is 5.90. The lowest BCUT2D eigenvalue weighted by atomic mass is 10.0. The van der Waals surface area contributed by atoms with Crippen molar-refractivity contribution in [3.05, 3.63) is 60.5 Å². The molecular weight excluding hydrogens is 346 g/mol. The van der Waals surface area contributed by atoms with E-state index in [0.717, 1.165) is 16.5 Å². The van der Waals surface area contributed by atoms with Crippen molar-refractivity contribution in [3.8, 4) is 0 Å². The molecule has 3 rings (SSSR count). The Labute approximate surface area is 157 Å². The highest BCUT2D eigenvalue weighted by Crippen LogP contribution is 2.20. The highest BCUT2D eigenvalue weighted by Gasteiger charge is 2.25. The molecule has 2 amide bonds. The number of carbonyl (C=O) groups is 3. The largest absolute Gasteiger partial charge is 0.468 e. The Balaban J connectivity index is 1.76. The minimum atomic E-state index is -0.817. The average molecular weight is 367 g/mol. The SMILES string of the molecule is COC(=O)CNC(=O)[C@H](Cc1c[nH]c2ccccc12)NC(=O)C1=C[CH][CH]C1. The van der Waals surface area contributed by atoms with Crippen molar-refractivity contribution in [3.63, 3.8) is 0 Å². The summed E-state index contributed by atoms with van der Waals surface area (Å²) in [5.74, 6) is -1.29. The zero-order valence-electron chi connectivity index (χ0n) is 15.0. The second-order valence-electron chi connectivity index (χ2n) is 6.21. The molecule has 1 aromatic carbocycles. The van der Waals surface area contributed by atoms with Gasteiger partial charge >= 0.3 is 5.97 Å². The van der Waals surface area contributed by atoms with Crippen molar-refractivity contribution < 1.29 is 19.1 Å². The number of amides is 2. The van der Waals surface area contributed by atoms with Crippen molar-refractivity contribution in [2.24, 2.45) is 0 Å². The molecule has 0 bridgehead atoms. The van der Waals surface area contributed by atoms with Gasteiger partial charge in [-0.1, -0.05) is 24.3 Å². The van der Waals surface area contributed by atoms with Crippen LogP contribution in [0.4, 0.5) is 0 Å². The third-order valence-electron chi connectivity index (χ3n) is 4.42. The van der Waals surface area contributed by atoms with Crippen molar-refractivity contribution in [1.82, 2.24) is 15.6 Å². The molecule has 3 N–H and O–H groups in total. The first kappa shape index (κ1) is 18.7. The second kappa shape index (κ2) is 8.53. The molecule has 27 heavy (non-hydrogen) atoms. The summed E-state index contributed by atoms with van der Waals surface area (Å²) in [5, 5.41) is 6.28. The normalized spacial score (nSPS) is 14.5. The Hall–Kier alpha value is -3.09. The molecule has 1 heterocycles. The third-order valence-corrected chi connectivity index (χ3v) is 4.42. The van der Waals surface area contributed by atoms with Gasteiger partial charge in [-0.05, 0) is 30.9 Å². The maximum Gasteiger partial charge on any atom is 0.325 e. The number of methoxy groups -OCH3 is 1. The lowest BCUT2D eigenvalue weighted by Gasteiger charge is -2.18. The molecule has 1 aliphatic carbocycles. The molecule has 7 heteroatoms. The molecule has 0 aliphatic heterocycles. The van der Waals surface area contributed by atoms with E-state index in [4.69, 9.17) is 0 Å². The molecule has 2 aromatic rings. The highest BCUT2D eigenvalue weighted by atomic mass is 16.5. The van der Waals surface area contributed by atoms with Crippen molar-refractivity contribution in [2.45, 2.75) is 18.9 Å². The minimum absolute atomic E-state index is 0.250.